The van der Waals surface area contributed by atoms with E-state index in [0.29, 0.717) is 6.42 Å². The monoisotopic (exact) mass is 262 g/mol. The molecule has 0 aliphatic carbocycles. The molecule has 4 nitrogen and oxygen atoms in total. The maximum absolute atomic E-state index is 11.4. The van der Waals surface area contributed by atoms with Crippen molar-refractivity contribution in [2.75, 3.05) is 13.2 Å². The van der Waals surface area contributed by atoms with E-state index in [1.807, 2.05) is 30.3 Å². The van der Waals surface area contributed by atoms with Gasteiger partial charge in [0.25, 0.3) is 0 Å². The first-order chi connectivity index (χ1) is 9.15. The summed E-state index contributed by atoms with van der Waals surface area (Å²) in [6, 6.07) is 9.90. The Morgan fingerprint density at radius 3 is 2.37 bits per heavy atom. The molecule has 0 bridgehead atoms. The summed E-state index contributed by atoms with van der Waals surface area (Å²) in [5.74, 6) is -1.44. The lowest BCUT2D eigenvalue weighted by molar-refractivity contribution is -0.146. The molecular formula is C15H18O4. The Morgan fingerprint density at radius 2 is 1.74 bits per heavy atom. The molecule has 0 aliphatic heterocycles. The second-order valence-electron chi connectivity index (χ2n) is 3.92. The Kier molecular flexibility index (Phi) is 6.36. The number of hydrogen-bond acceptors (Lipinski definition) is 4. The Labute approximate surface area is 113 Å². The smallest absolute Gasteiger partial charge is 0.344 e. The minimum Gasteiger partial charge on any atom is -0.462 e. The Hall–Kier alpha value is -2.10. The fourth-order valence-electron chi connectivity index (χ4n) is 1.47. The van der Waals surface area contributed by atoms with Gasteiger partial charge in [-0.05, 0) is 25.3 Å². The van der Waals surface area contributed by atoms with E-state index in [-0.39, 0.29) is 18.8 Å². The van der Waals surface area contributed by atoms with Crippen molar-refractivity contribution in [2.24, 2.45) is 0 Å². The first kappa shape index (κ1) is 15.0. The molecule has 0 aliphatic rings. The summed E-state index contributed by atoms with van der Waals surface area (Å²) < 4.78 is 9.61. The Bertz CT molecular complexity index is 437. The van der Waals surface area contributed by atoms with E-state index < -0.39 is 11.9 Å². The van der Waals surface area contributed by atoms with E-state index in [1.165, 1.54) is 5.56 Å². The highest BCUT2D eigenvalue weighted by molar-refractivity contribution is 6.13. The molecule has 0 fully saturated rings. The molecule has 0 heterocycles. The molecule has 0 saturated heterocycles. The van der Waals surface area contributed by atoms with Gasteiger partial charge in [-0.25, -0.2) is 9.59 Å². The van der Waals surface area contributed by atoms with Crippen molar-refractivity contribution in [1.29, 1.82) is 0 Å². The van der Waals surface area contributed by atoms with Gasteiger partial charge in [-0.2, -0.15) is 0 Å². The molecule has 1 aromatic rings. The zero-order valence-electron chi connectivity index (χ0n) is 11.1. The van der Waals surface area contributed by atoms with Crippen molar-refractivity contribution in [3.05, 3.63) is 48.0 Å². The average molecular weight is 262 g/mol. The number of hydrogen-bond donors (Lipinski definition) is 0. The summed E-state index contributed by atoms with van der Waals surface area (Å²) in [7, 11) is 0. The van der Waals surface area contributed by atoms with E-state index in [0.717, 1.165) is 6.42 Å². The molecule has 19 heavy (non-hydrogen) atoms. The van der Waals surface area contributed by atoms with Crippen LogP contribution in [0.2, 0.25) is 0 Å². The number of benzene rings is 1. The number of carbonyl (C=O) groups is 2. The second-order valence-corrected chi connectivity index (χ2v) is 3.92. The molecule has 0 unspecified atom stereocenters. The molecule has 0 N–H and O–H groups in total. The Morgan fingerprint density at radius 1 is 1.11 bits per heavy atom. The van der Waals surface area contributed by atoms with Gasteiger partial charge in [-0.3, -0.25) is 0 Å². The number of ether oxygens (including phenoxy) is 2. The normalized spacial score (nSPS) is 9.74. The lowest BCUT2D eigenvalue weighted by atomic mass is 10.1. The highest BCUT2D eigenvalue weighted by Crippen LogP contribution is 2.04. The topological polar surface area (TPSA) is 52.6 Å². The molecule has 0 amide bonds. The molecule has 1 rings (SSSR count). The SMILES string of the molecule is C=C(C(=O)OCC)C(=O)OCCCc1ccccc1. The van der Waals surface area contributed by atoms with Crippen LogP contribution in [0.15, 0.2) is 42.5 Å². The third-order valence-electron chi connectivity index (χ3n) is 2.45. The van der Waals surface area contributed by atoms with Gasteiger partial charge >= 0.3 is 11.9 Å². The van der Waals surface area contributed by atoms with Gasteiger partial charge in [0.15, 0.2) is 0 Å². The fraction of sp³-hybridized carbons (Fsp3) is 0.333. The van der Waals surface area contributed by atoms with Crippen LogP contribution in [-0.2, 0) is 25.5 Å². The summed E-state index contributed by atoms with van der Waals surface area (Å²) in [4.78, 5) is 22.7. The number of carbonyl (C=O) groups excluding carboxylic acids is 2. The van der Waals surface area contributed by atoms with Crippen LogP contribution in [-0.4, -0.2) is 25.2 Å². The average Bonchev–Trinajstić information content (AvgIpc) is 2.44. The number of aryl methyl sites for hydroxylation is 1. The van der Waals surface area contributed by atoms with E-state index in [4.69, 9.17) is 4.74 Å². The highest BCUT2D eigenvalue weighted by atomic mass is 16.6. The van der Waals surface area contributed by atoms with E-state index in [2.05, 4.69) is 11.3 Å². The molecule has 1 aromatic carbocycles. The molecule has 0 radical (unpaired) electrons. The van der Waals surface area contributed by atoms with E-state index in [1.54, 1.807) is 6.92 Å². The molecule has 0 spiro atoms. The highest BCUT2D eigenvalue weighted by Gasteiger charge is 2.17. The predicted octanol–water partition coefficient (Wildman–Crippen LogP) is 2.28. The number of esters is 2. The van der Waals surface area contributed by atoms with Crippen molar-refractivity contribution >= 4 is 11.9 Å². The van der Waals surface area contributed by atoms with Gasteiger partial charge in [-0.15, -0.1) is 0 Å². The maximum atomic E-state index is 11.4. The van der Waals surface area contributed by atoms with Crippen LogP contribution in [0, 0.1) is 0 Å². The van der Waals surface area contributed by atoms with Crippen molar-refractivity contribution in [2.45, 2.75) is 19.8 Å². The van der Waals surface area contributed by atoms with Crippen molar-refractivity contribution in [3.63, 3.8) is 0 Å². The van der Waals surface area contributed by atoms with Crippen molar-refractivity contribution < 1.29 is 19.1 Å². The van der Waals surface area contributed by atoms with E-state index >= 15 is 0 Å². The summed E-state index contributed by atoms with van der Waals surface area (Å²) in [5.41, 5.74) is 0.921. The predicted molar refractivity (Wildman–Crippen MR) is 71.5 cm³/mol. The molecule has 0 aromatic heterocycles. The van der Waals surface area contributed by atoms with Crippen LogP contribution in [0.5, 0.6) is 0 Å². The van der Waals surface area contributed by atoms with Crippen LogP contribution in [0.1, 0.15) is 18.9 Å². The van der Waals surface area contributed by atoms with Gasteiger partial charge in [0.05, 0.1) is 13.2 Å². The van der Waals surface area contributed by atoms with Gasteiger partial charge in [0.2, 0.25) is 0 Å². The molecular weight excluding hydrogens is 244 g/mol. The minimum atomic E-state index is -0.726. The summed E-state index contributed by atoms with van der Waals surface area (Å²) >= 11 is 0. The fourth-order valence-corrected chi connectivity index (χ4v) is 1.47. The van der Waals surface area contributed by atoms with E-state index in [9.17, 15) is 9.59 Å². The van der Waals surface area contributed by atoms with Crippen molar-refractivity contribution in [1.82, 2.24) is 0 Å². The lowest BCUT2D eigenvalue weighted by Crippen LogP contribution is -2.18. The first-order valence-electron chi connectivity index (χ1n) is 6.22. The van der Waals surface area contributed by atoms with Gasteiger partial charge in [-0.1, -0.05) is 36.9 Å². The van der Waals surface area contributed by atoms with Crippen LogP contribution in [0.4, 0.5) is 0 Å². The zero-order chi connectivity index (χ0) is 14.1. The third kappa shape index (κ3) is 5.38. The molecule has 102 valence electrons. The van der Waals surface area contributed by atoms with Crippen LogP contribution < -0.4 is 0 Å². The lowest BCUT2D eigenvalue weighted by Gasteiger charge is -2.06. The molecule has 0 atom stereocenters. The summed E-state index contributed by atoms with van der Waals surface area (Å²) in [5, 5.41) is 0. The quantitative estimate of drug-likeness (QED) is 0.249. The molecule has 0 saturated carbocycles. The molecule has 4 heteroatoms. The van der Waals surface area contributed by atoms with Crippen LogP contribution in [0.25, 0.3) is 0 Å². The number of rotatable bonds is 7. The maximum Gasteiger partial charge on any atom is 0.344 e. The van der Waals surface area contributed by atoms with Gasteiger partial charge in [0, 0.05) is 0 Å². The van der Waals surface area contributed by atoms with Gasteiger partial charge < -0.3 is 9.47 Å². The van der Waals surface area contributed by atoms with Crippen molar-refractivity contribution in [3.8, 4) is 0 Å². The second kappa shape index (κ2) is 8.08. The minimum absolute atomic E-state index is 0.207. The largest absolute Gasteiger partial charge is 0.462 e. The summed E-state index contributed by atoms with van der Waals surface area (Å²) in [6.07, 6.45) is 1.52. The van der Waals surface area contributed by atoms with Crippen LogP contribution >= 0.6 is 0 Å². The summed E-state index contributed by atoms with van der Waals surface area (Å²) in [6.45, 7) is 5.49. The third-order valence-corrected chi connectivity index (χ3v) is 2.45. The van der Waals surface area contributed by atoms with Crippen LogP contribution in [0.3, 0.4) is 0 Å². The van der Waals surface area contributed by atoms with Gasteiger partial charge in [0.1, 0.15) is 5.57 Å². The zero-order valence-corrected chi connectivity index (χ0v) is 11.1. The Balaban J connectivity index is 2.24. The first-order valence-corrected chi connectivity index (χ1v) is 6.22. The standard InChI is InChI=1S/C15H18O4/c1-3-18-14(16)12(2)15(17)19-11-7-10-13-8-5-4-6-9-13/h4-6,8-9H,2-3,7,10-11H2,1H3.